The van der Waals surface area contributed by atoms with Gasteiger partial charge in [0.15, 0.2) is 0 Å². The largest absolute Gasteiger partial charge is 0.398 e. The fourth-order valence-corrected chi connectivity index (χ4v) is 1.53. The third-order valence-corrected chi connectivity index (χ3v) is 2.25. The van der Waals surface area contributed by atoms with Crippen molar-refractivity contribution in [3.63, 3.8) is 0 Å². The Morgan fingerprint density at radius 1 is 1.57 bits per heavy atom. The van der Waals surface area contributed by atoms with E-state index in [9.17, 15) is 0 Å². The van der Waals surface area contributed by atoms with Crippen LogP contribution in [0.5, 0.6) is 0 Å². The van der Waals surface area contributed by atoms with Crippen LogP contribution >= 0.6 is 11.6 Å². The molecule has 0 aliphatic carbocycles. The summed E-state index contributed by atoms with van der Waals surface area (Å²) in [4.78, 5) is 0. The topological polar surface area (TPSA) is 52.0 Å². The third kappa shape index (κ3) is 2.76. The quantitative estimate of drug-likeness (QED) is 0.596. The van der Waals surface area contributed by atoms with E-state index < -0.39 is 0 Å². The number of anilines is 1. The lowest BCUT2D eigenvalue weighted by Gasteiger charge is -2.14. The molecule has 0 heterocycles. The Bertz CT molecular complexity index is 347. The van der Waals surface area contributed by atoms with Crippen molar-refractivity contribution in [2.45, 2.75) is 19.4 Å². The number of halogens is 1. The van der Waals surface area contributed by atoms with Gasteiger partial charge >= 0.3 is 0 Å². The Kier molecular flexibility index (Phi) is 3.55. The smallest absolute Gasteiger partial charge is 0.0410 e. The summed E-state index contributed by atoms with van der Waals surface area (Å²) >= 11 is 5.86. The Hall–Kier alpha value is -0.990. The van der Waals surface area contributed by atoms with E-state index in [0.717, 1.165) is 17.6 Å². The van der Waals surface area contributed by atoms with E-state index in [0.29, 0.717) is 10.7 Å². The predicted octanol–water partition coefficient (Wildman–Crippen LogP) is 2.89. The van der Waals surface area contributed by atoms with Crippen LogP contribution in [0.15, 0.2) is 30.4 Å². The highest BCUT2D eigenvalue weighted by molar-refractivity contribution is 6.30. The molecule has 4 N–H and O–H groups in total. The molecular formula is C11H15ClN2. The van der Waals surface area contributed by atoms with Crippen LogP contribution in [-0.2, 0) is 0 Å². The lowest BCUT2D eigenvalue weighted by molar-refractivity contribution is 0.719. The maximum Gasteiger partial charge on any atom is 0.0410 e. The molecule has 1 aromatic rings. The standard InChI is InChI=1S/C11H15ClN2/c1-7(2)5-11(14)9-6-8(12)3-4-10(9)13/h3-4,6,11H,1,5,13-14H2,2H3/t11-/m0/s1. The van der Waals surface area contributed by atoms with Gasteiger partial charge in [-0.05, 0) is 37.1 Å². The van der Waals surface area contributed by atoms with Gasteiger partial charge in [0, 0.05) is 16.8 Å². The van der Waals surface area contributed by atoms with Gasteiger partial charge in [-0.3, -0.25) is 0 Å². The number of benzene rings is 1. The van der Waals surface area contributed by atoms with Crippen molar-refractivity contribution >= 4 is 17.3 Å². The highest BCUT2D eigenvalue weighted by Crippen LogP contribution is 2.26. The van der Waals surface area contributed by atoms with E-state index in [-0.39, 0.29) is 6.04 Å². The molecule has 0 aliphatic heterocycles. The summed E-state index contributed by atoms with van der Waals surface area (Å²) in [7, 11) is 0. The van der Waals surface area contributed by atoms with Gasteiger partial charge in [-0.1, -0.05) is 17.2 Å². The first-order valence-corrected chi connectivity index (χ1v) is 4.83. The van der Waals surface area contributed by atoms with Crippen molar-refractivity contribution in [2.75, 3.05) is 5.73 Å². The van der Waals surface area contributed by atoms with E-state index in [2.05, 4.69) is 6.58 Å². The first-order chi connectivity index (χ1) is 6.50. The van der Waals surface area contributed by atoms with Crippen LogP contribution in [0.2, 0.25) is 5.02 Å². The predicted molar refractivity (Wildman–Crippen MR) is 62.2 cm³/mol. The monoisotopic (exact) mass is 210 g/mol. The minimum Gasteiger partial charge on any atom is -0.398 e. The Morgan fingerprint density at radius 3 is 2.79 bits per heavy atom. The van der Waals surface area contributed by atoms with Crippen LogP contribution in [0.3, 0.4) is 0 Å². The molecule has 0 radical (unpaired) electrons. The van der Waals surface area contributed by atoms with Gasteiger partial charge in [-0.2, -0.15) is 0 Å². The van der Waals surface area contributed by atoms with Gasteiger partial charge in [-0.25, -0.2) is 0 Å². The van der Waals surface area contributed by atoms with Crippen molar-refractivity contribution in [3.8, 4) is 0 Å². The van der Waals surface area contributed by atoms with Gasteiger partial charge in [-0.15, -0.1) is 6.58 Å². The number of nitrogens with two attached hydrogens (primary N) is 2. The SMILES string of the molecule is C=C(C)C[C@H](N)c1cc(Cl)ccc1N. The third-order valence-electron chi connectivity index (χ3n) is 2.02. The average molecular weight is 211 g/mol. The van der Waals surface area contributed by atoms with Crippen LogP contribution in [0.25, 0.3) is 0 Å². The van der Waals surface area contributed by atoms with Gasteiger partial charge in [0.05, 0.1) is 0 Å². The zero-order chi connectivity index (χ0) is 10.7. The highest BCUT2D eigenvalue weighted by atomic mass is 35.5. The molecule has 1 atom stereocenters. The Labute approximate surface area is 89.5 Å². The van der Waals surface area contributed by atoms with Crippen molar-refractivity contribution in [1.29, 1.82) is 0 Å². The maximum atomic E-state index is 5.97. The zero-order valence-electron chi connectivity index (χ0n) is 8.26. The molecule has 0 saturated heterocycles. The zero-order valence-corrected chi connectivity index (χ0v) is 9.01. The van der Waals surface area contributed by atoms with Crippen molar-refractivity contribution < 1.29 is 0 Å². The van der Waals surface area contributed by atoms with Gasteiger partial charge in [0.25, 0.3) is 0 Å². The summed E-state index contributed by atoms with van der Waals surface area (Å²) in [6, 6.07) is 5.22. The molecule has 76 valence electrons. The maximum absolute atomic E-state index is 5.97. The molecule has 0 spiro atoms. The Morgan fingerprint density at radius 2 is 2.21 bits per heavy atom. The number of rotatable bonds is 3. The lowest BCUT2D eigenvalue weighted by Crippen LogP contribution is -2.12. The molecular weight excluding hydrogens is 196 g/mol. The Balaban J connectivity index is 2.93. The minimum absolute atomic E-state index is 0.119. The van der Waals surface area contributed by atoms with Crippen LogP contribution in [-0.4, -0.2) is 0 Å². The average Bonchev–Trinajstić information content (AvgIpc) is 2.08. The van der Waals surface area contributed by atoms with Gasteiger partial charge in [0.1, 0.15) is 0 Å². The van der Waals surface area contributed by atoms with Gasteiger partial charge < -0.3 is 11.5 Å². The fourth-order valence-electron chi connectivity index (χ4n) is 1.35. The number of hydrogen-bond acceptors (Lipinski definition) is 2. The van der Waals surface area contributed by atoms with Crippen LogP contribution < -0.4 is 11.5 Å². The minimum atomic E-state index is -0.119. The first kappa shape index (κ1) is 11.1. The first-order valence-electron chi connectivity index (χ1n) is 4.45. The summed E-state index contributed by atoms with van der Waals surface area (Å²) < 4.78 is 0. The molecule has 0 aromatic heterocycles. The highest BCUT2D eigenvalue weighted by Gasteiger charge is 2.09. The van der Waals surface area contributed by atoms with E-state index >= 15 is 0 Å². The molecule has 1 aromatic carbocycles. The second-order valence-electron chi connectivity index (χ2n) is 3.54. The van der Waals surface area contributed by atoms with Crippen molar-refractivity contribution in [1.82, 2.24) is 0 Å². The van der Waals surface area contributed by atoms with Crippen molar-refractivity contribution in [3.05, 3.63) is 40.9 Å². The molecule has 0 bridgehead atoms. The normalized spacial score (nSPS) is 12.5. The molecule has 14 heavy (non-hydrogen) atoms. The number of nitrogen functional groups attached to an aromatic ring is 1. The fraction of sp³-hybridized carbons (Fsp3) is 0.273. The second-order valence-corrected chi connectivity index (χ2v) is 3.98. The summed E-state index contributed by atoms with van der Waals surface area (Å²) in [6.07, 6.45) is 0.727. The molecule has 0 saturated carbocycles. The number of hydrogen-bond donors (Lipinski definition) is 2. The second kappa shape index (κ2) is 4.49. The summed E-state index contributed by atoms with van der Waals surface area (Å²) in [5.41, 5.74) is 14.4. The van der Waals surface area contributed by atoms with Crippen LogP contribution in [0.1, 0.15) is 24.9 Å². The molecule has 2 nitrogen and oxygen atoms in total. The molecule has 0 aliphatic rings. The van der Waals surface area contributed by atoms with E-state index in [1.54, 1.807) is 12.1 Å². The molecule has 3 heteroatoms. The van der Waals surface area contributed by atoms with Crippen LogP contribution in [0, 0.1) is 0 Å². The van der Waals surface area contributed by atoms with Crippen molar-refractivity contribution in [2.24, 2.45) is 5.73 Å². The molecule has 0 unspecified atom stereocenters. The lowest BCUT2D eigenvalue weighted by atomic mass is 10.00. The van der Waals surface area contributed by atoms with Crippen LogP contribution in [0.4, 0.5) is 5.69 Å². The van der Waals surface area contributed by atoms with E-state index in [1.165, 1.54) is 0 Å². The summed E-state index contributed by atoms with van der Waals surface area (Å²) in [6.45, 7) is 5.76. The van der Waals surface area contributed by atoms with Gasteiger partial charge in [0.2, 0.25) is 0 Å². The molecule has 1 rings (SSSR count). The molecule has 0 amide bonds. The summed E-state index contributed by atoms with van der Waals surface area (Å²) in [5, 5.41) is 0.659. The van der Waals surface area contributed by atoms with E-state index in [1.807, 2.05) is 13.0 Å². The summed E-state index contributed by atoms with van der Waals surface area (Å²) in [5.74, 6) is 0. The molecule has 0 fully saturated rings. The van der Waals surface area contributed by atoms with E-state index in [4.69, 9.17) is 23.1 Å².